The van der Waals surface area contributed by atoms with Crippen molar-refractivity contribution in [2.75, 3.05) is 11.5 Å². The highest BCUT2D eigenvalue weighted by Crippen LogP contribution is 2.46. The summed E-state index contributed by atoms with van der Waals surface area (Å²) in [4.78, 5) is 0. The van der Waals surface area contributed by atoms with Crippen LogP contribution in [0.5, 0.6) is 0 Å². The van der Waals surface area contributed by atoms with Gasteiger partial charge in [0.1, 0.15) is 0 Å². The maximum absolute atomic E-state index is 11.8. The molecule has 0 amide bonds. The molecule has 0 bridgehead atoms. The third-order valence-electron chi connectivity index (χ3n) is 3.88. The molecule has 0 aliphatic carbocycles. The second kappa shape index (κ2) is 4.01. The third-order valence-corrected chi connectivity index (χ3v) is 5.61. The van der Waals surface area contributed by atoms with E-state index in [1.165, 1.54) is 0 Å². The molecule has 0 radical (unpaired) electrons. The van der Waals surface area contributed by atoms with Crippen LogP contribution < -0.4 is 0 Å². The Hall–Kier alpha value is -0.0500. The molecule has 1 aliphatic heterocycles. The van der Waals surface area contributed by atoms with Gasteiger partial charge in [-0.3, -0.25) is 0 Å². The summed E-state index contributed by atoms with van der Waals surface area (Å²) in [5, 5.41) is 0. The summed E-state index contributed by atoms with van der Waals surface area (Å²) in [6.45, 7) is 13.2. The number of hydrogen-bond acceptors (Lipinski definition) is 2. The first-order chi connectivity index (χ1) is 6.93. The average Bonchev–Trinajstić information content (AvgIpc) is 1.97. The molecule has 2 unspecified atom stereocenters. The van der Waals surface area contributed by atoms with E-state index in [2.05, 4.69) is 41.5 Å². The lowest BCUT2D eigenvalue weighted by molar-refractivity contribution is 0.0786. The Morgan fingerprint density at radius 2 is 1.31 bits per heavy atom. The van der Waals surface area contributed by atoms with Gasteiger partial charge in [-0.2, -0.15) is 0 Å². The van der Waals surface area contributed by atoms with Crippen molar-refractivity contribution in [3.63, 3.8) is 0 Å². The molecule has 0 N–H and O–H groups in total. The van der Waals surface area contributed by atoms with Gasteiger partial charge in [0.25, 0.3) is 0 Å². The Labute approximate surface area is 101 Å². The molecule has 1 aliphatic rings. The molecule has 0 aromatic carbocycles. The fourth-order valence-corrected chi connectivity index (χ4v) is 4.93. The third kappa shape index (κ3) is 3.22. The first-order valence-corrected chi connectivity index (χ1v) is 7.96. The van der Waals surface area contributed by atoms with Crippen LogP contribution in [0.2, 0.25) is 0 Å². The largest absolute Gasteiger partial charge is 0.229 e. The first kappa shape index (κ1) is 14.0. The van der Waals surface area contributed by atoms with Crippen LogP contribution in [0.4, 0.5) is 0 Å². The lowest BCUT2D eigenvalue weighted by Gasteiger charge is -2.46. The van der Waals surface area contributed by atoms with Crippen molar-refractivity contribution in [1.82, 2.24) is 0 Å². The fraction of sp³-hybridized carbons (Fsp3) is 1.00. The number of hydrogen-bond donors (Lipinski definition) is 0. The monoisotopic (exact) mass is 246 g/mol. The van der Waals surface area contributed by atoms with E-state index in [0.717, 1.165) is 6.42 Å². The van der Waals surface area contributed by atoms with Gasteiger partial charge in [0.2, 0.25) is 0 Å². The zero-order chi connectivity index (χ0) is 12.8. The van der Waals surface area contributed by atoms with Crippen LogP contribution in [-0.4, -0.2) is 19.9 Å². The van der Waals surface area contributed by atoms with Crippen LogP contribution in [0, 0.1) is 22.7 Å². The minimum absolute atomic E-state index is 0.0748. The molecule has 0 aromatic rings. The Kier molecular flexibility index (Phi) is 3.51. The Bertz CT molecular complexity index is 341. The van der Waals surface area contributed by atoms with E-state index in [-0.39, 0.29) is 16.7 Å². The summed E-state index contributed by atoms with van der Waals surface area (Å²) in [6, 6.07) is 0. The zero-order valence-corrected chi connectivity index (χ0v) is 12.3. The van der Waals surface area contributed by atoms with E-state index in [9.17, 15) is 8.42 Å². The molecule has 1 rings (SSSR count). The predicted octanol–water partition coefficient (Wildman–Crippen LogP) is 3.13. The molecule has 96 valence electrons. The summed E-state index contributed by atoms with van der Waals surface area (Å²) in [7, 11) is -2.81. The normalized spacial score (nSPS) is 31.4. The molecule has 0 spiro atoms. The van der Waals surface area contributed by atoms with E-state index in [0.29, 0.717) is 17.4 Å². The lowest BCUT2D eigenvalue weighted by atomic mass is 9.64. The van der Waals surface area contributed by atoms with Crippen molar-refractivity contribution in [3.8, 4) is 0 Å². The topological polar surface area (TPSA) is 34.1 Å². The molecule has 2 atom stereocenters. The van der Waals surface area contributed by atoms with E-state index in [4.69, 9.17) is 0 Å². The van der Waals surface area contributed by atoms with E-state index >= 15 is 0 Å². The predicted molar refractivity (Wildman–Crippen MR) is 69.2 cm³/mol. The van der Waals surface area contributed by atoms with Gasteiger partial charge in [-0.05, 0) is 29.1 Å². The minimum atomic E-state index is -2.81. The van der Waals surface area contributed by atoms with Crippen molar-refractivity contribution < 1.29 is 8.42 Å². The molecule has 16 heavy (non-hydrogen) atoms. The van der Waals surface area contributed by atoms with Gasteiger partial charge in [0.05, 0.1) is 11.5 Å². The average molecular weight is 246 g/mol. The Morgan fingerprint density at radius 1 is 0.875 bits per heavy atom. The van der Waals surface area contributed by atoms with Crippen LogP contribution in [-0.2, 0) is 9.84 Å². The molecule has 1 saturated heterocycles. The van der Waals surface area contributed by atoms with Crippen LogP contribution in [0.25, 0.3) is 0 Å². The molecule has 0 aromatic heterocycles. The second-order valence-electron chi connectivity index (χ2n) is 7.35. The molecule has 0 saturated carbocycles. The van der Waals surface area contributed by atoms with Gasteiger partial charge in [-0.1, -0.05) is 41.5 Å². The lowest BCUT2D eigenvalue weighted by Crippen LogP contribution is -2.45. The zero-order valence-electron chi connectivity index (χ0n) is 11.5. The van der Waals surface area contributed by atoms with Gasteiger partial charge in [-0.15, -0.1) is 0 Å². The van der Waals surface area contributed by atoms with Crippen molar-refractivity contribution in [3.05, 3.63) is 0 Å². The molecule has 1 heterocycles. The molecular formula is C13H26O2S. The number of sulfone groups is 1. The van der Waals surface area contributed by atoms with Crippen LogP contribution in [0.3, 0.4) is 0 Å². The summed E-state index contributed by atoms with van der Waals surface area (Å²) >= 11 is 0. The molecular weight excluding hydrogens is 220 g/mol. The standard InChI is InChI=1S/C13H26O2S/c1-12(2,3)10-7-8-16(14,15)9-11(10)13(4,5)6/h10-11H,7-9H2,1-6H3. The minimum Gasteiger partial charge on any atom is -0.229 e. The van der Waals surface area contributed by atoms with Gasteiger partial charge in [-0.25, -0.2) is 8.42 Å². The highest BCUT2D eigenvalue weighted by Gasteiger charge is 2.44. The highest BCUT2D eigenvalue weighted by atomic mass is 32.2. The second-order valence-corrected chi connectivity index (χ2v) is 9.58. The molecule has 2 nitrogen and oxygen atoms in total. The number of rotatable bonds is 0. The molecule has 3 heteroatoms. The Morgan fingerprint density at radius 3 is 1.69 bits per heavy atom. The maximum Gasteiger partial charge on any atom is 0.150 e. The summed E-state index contributed by atoms with van der Waals surface area (Å²) in [6.07, 6.45) is 0.827. The van der Waals surface area contributed by atoms with E-state index < -0.39 is 9.84 Å². The summed E-state index contributed by atoms with van der Waals surface area (Å²) in [5.74, 6) is 1.54. The SMILES string of the molecule is CC(C)(C)C1CCS(=O)(=O)CC1C(C)(C)C. The summed E-state index contributed by atoms with van der Waals surface area (Å²) in [5.41, 5.74) is 0.277. The van der Waals surface area contributed by atoms with Crippen molar-refractivity contribution in [2.24, 2.45) is 22.7 Å². The van der Waals surface area contributed by atoms with Crippen molar-refractivity contribution in [1.29, 1.82) is 0 Å². The maximum atomic E-state index is 11.8. The van der Waals surface area contributed by atoms with Gasteiger partial charge in [0.15, 0.2) is 9.84 Å². The first-order valence-electron chi connectivity index (χ1n) is 6.14. The molecule has 1 fully saturated rings. The summed E-state index contributed by atoms with van der Waals surface area (Å²) < 4.78 is 23.6. The van der Waals surface area contributed by atoms with Gasteiger partial charge < -0.3 is 0 Å². The van der Waals surface area contributed by atoms with Crippen LogP contribution in [0.1, 0.15) is 48.0 Å². The van der Waals surface area contributed by atoms with E-state index in [1.807, 2.05) is 0 Å². The smallest absolute Gasteiger partial charge is 0.150 e. The highest BCUT2D eigenvalue weighted by molar-refractivity contribution is 7.91. The van der Waals surface area contributed by atoms with Crippen molar-refractivity contribution >= 4 is 9.84 Å². The fourth-order valence-electron chi connectivity index (χ4n) is 2.87. The van der Waals surface area contributed by atoms with Crippen molar-refractivity contribution in [2.45, 2.75) is 48.0 Å². The van der Waals surface area contributed by atoms with Crippen LogP contribution >= 0.6 is 0 Å². The van der Waals surface area contributed by atoms with E-state index in [1.54, 1.807) is 0 Å². The Balaban J connectivity index is 3.03. The van der Waals surface area contributed by atoms with Crippen LogP contribution in [0.15, 0.2) is 0 Å². The quantitative estimate of drug-likeness (QED) is 0.658. The van der Waals surface area contributed by atoms with Gasteiger partial charge >= 0.3 is 0 Å². The van der Waals surface area contributed by atoms with Gasteiger partial charge in [0, 0.05) is 0 Å².